The summed E-state index contributed by atoms with van der Waals surface area (Å²) in [7, 11) is 1.44. The van der Waals surface area contributed by atoms with Crippen LogP contribution in [0.15, 0.2) is 39.1 Å². The van der Waals surface area contributed by atoms with Crippen LogP contribution < -0.4 is 21.3 Å². The average Bonchev–Trinajstić information content (AvgIpc) is 2.58. The Morgan fingerprint density at radius 2 is 1.89 bits per heavy atom. The van der Waals surface area contributed by atoms with E-state index in [0.29, 0.717) is 35.4 Å². The Morgan fingerprint density at radius 3 is 2.57 bits per heavy atom. The van der Waals surface area contributed by atoms with Crippen molar-refractivity contribution in [2.45, 2.75) is 32.6 Å². The Hall–Kier alpha value is -3.29. The van der Waals surface area contributed by atoms with E-state index in [2.05, 4.69) is 15.3 Å². The van der Waals surface area contributed by atoms with Crippen molar-refractivity contribution in [2.24, 2.45) is 5.41 Å². The van der Waals surface area contributed by atoms with Crippen molar-refractivity contribution in [2.75, 3.05) is 12.4 Å². The van der Waals surface area contributed by atoms with Gasteiger partial charge in [-0.05, 0) is 29.5 Å². The molecule has 8 heteroatoms. The second kappa shape index (κ2) is 6.12. The summed E-state index contributed by atoms with van der Waals surface area (Å²) in [6.07, 6.45) is 0.948. The topological polar surface area (TPSA) is 124 Å². The van der Waals surface area contributed by atoms with E-state index >= 15 is 0 Å². The van der Waals surface area contributed by atoms with Crippen LogP contribution in [0.1, 0.15) is 43.7 Å². The molecule has 0 fully saturated rings. The minimum absolute atomic E-state index is 0.0599. The van der Waals surface area contributed by atoms with Crippen molar-refractivity contribution < 1.29 is 14.6 Å². The molecular formula is C20H21N3O5. The zero-order valence-corrected chi connectivity index (χ0v) is 15.8. The highest BCUT2D eigenvalue weighted by Gasteiger charge is 2.42. The number of carbonyl (C=O) groups excluding carboxylic acids is 1. The molecule has 8 nitrogen and oxygen atoms in total. The number of carbonyl (C=O) groups is 1. The quantitative estimate of drug-likeness (QED) is 0.629. The molecule has 4 rings (SSSR count). The summed E-state index contributed by atoms with van der Waals surface area (Å²) in [4.78, 5) is 42.4. The van der Waals surface area contributed by atoms with Crippen LogP contribution in [-0.2, 0) is 4.79 Å². The molecule has 1 aromatic carbocycles. The maximum atomic E-state index is 13.1. The number of aromatic nitrogens is 2. The fourth-order valence-corrected chi connectivity index (χ4v) is 4.17. The molecular weight excluding hydrogens is 362 g/mol. The maximum Gasteiger partial charge on any atom is 0.327 e. The Morgan fingerprint density at radius 1 is 1.14 bits per heavy atom. The van der Waals surface area contributed by atoms with Crippen molar-refractivity contribution in [3.05, 3.63) is 61.4 Å². The Balaban J connectivity index is 1.99. The molecule has 28 heavy (non-hydrogen) atoms. The summed E-state index contributed by atoms with van der Waals surface area (Å²) in [5, 5.41) is 13.3. The minimum atomic E-state index is -0.702. The lowest BCUT2D eigenvalue weighted by atomic mass is 9.69. The number of anilines is 1. The molecule has 0 radical (unpaired) electrons. The third kappa shape index (κ3) is 2.81. The predicted molar refractivity (Wildman–Crippen MR) is 103 cm³/mol. The first-order valence-corrected chi connectivity index (χ1v) is 8.97. The normalized spacial score (nSPS) is 20.2. The molecule has 0 bridgehead atoms. The number of hydrogen-bond acceptors (Lipinski definition) is 6. The molecule has 2 aliphatic rings. The summed E-state index contributed by atoms with van der Waals surface area (Å²) < 4.78 is 5.09. The van der Waals surface area contributed by atoms with Crippen molar-refractivity contribution in [1.29, 1.82) is 0 Å². The van der Waals surface area contributed by atoms with Crippen LogP contribution in [-0.4, -0.2) is 28.0 Å². The van der Waals surface area contributed by atoms with Crippen LogP contribution in [0, 0.1) is 5.41 Å². The van der Waals surface area contributed by atoms with Crippen LogP contribution in [0.25, 0.3) is 0 Å². The Labute approximate surface area is 160 Å². The number of ether oxygens (including phenoxy) is 1. The van der Waals surface area contributed by atoms with E-state index in [4.69, 9.17) is 4.74 Å². The van der Waals surface area contributed by atoms with E-state index in [9.17, 15) is 19.5 Å². The number of aromatic hydroxyl groups is 1. The average molecular weight is 383 g/mol. The summed E-state index contributed by atoms with van der Waals surface area (Å²) >= 11 is 0. The number of rotatable bonds is 2. The number of aromatic amines is 2. The van der Waals surface area contributed by atoms with Crippen molar-refractivity contribution in [1.82, 2.24) is 9.97 Å². The van der Waals surface area contributed by atoms with Gasteiger partial charge in [-0.15, -0.1) is 0 Å². The van der Waals surface area contributed by atoms with Crippen molar-refractivity contribution in [3.8, 4) is 11.5 Å². The molecule has 0 spiro atoms. The van der Waals surface area contributed by atoms with Crippen LogP contribution in [0.2, 0.25) is 0 Å². The summed E-state index contributed by atoms with van der Waals surface area (Å²) in [6, 6.07) is 4.78. The monoisotopic (exact) mass is 383 g/mol. The molecule has 0 saturated heterocycles. The van der Waals surface area contributed by atoms with Crippen LogP contribution in [0.3, 0.4) is 0 Å². The van der Waals surface area contributed by atoms with Gasteiger partial charge >= 0.3 is 5.69 Å². The lowest BCUT2D eigenvalue weighted by molar-refractivity contribution is -0.118. The van der Waals surface area contributed by atoms with Gasteiger partial charge in [0.1, 0.15) is 5.82 Å². The maximum absolute atomic E-state index is 13.1. The summed E-state index contributed by atoms with van der Waals surface area (Å²) in [5.74, 6) is -0.286. The third-order valence-electron chi connectivity index (χ3n) is 5.29. The molecule has 146 valence electrons. The molecule has 1 aliphatic carbocycles. The van der Waals surface area contributed by atoms with Crippen molar-refractivity contribution in [3.63, 3.8) is 0 Å². The third-order valence-corrected chi connectivity index (χ3v) is 5.29. The number of methoxy groups -OCH3 is 1. The van der Waals surface area contributed by atoms with Crippen LogP contribution >= 0.6 is 0 Å². The van der Waals surface area contributed by atoms with Gasteiger partial charge in [0.05, 0.1) is 12.7 Å². The van der Waals surface area contributed by atoms with Gasteiger partial charge < -0.3 is 15.2 Å². The van der Waals surface area contributed by atoms with Gasteiger partial charge in [-0.2, -0.15) is 0 Å². The van der Waals surface area contributed by atoms with Gasteiger partial charge in [-0.3, -0.25) is 19.6 Å². The number of ketones is 1. The van der Waals surface area contributed by atoms with Gasteiger partial charge in [-0.1, -0.05) is 19.9 Å². The molecule has 4 N–H and O–H groups in total. The van der Waals surface area contributed by atoms with Gasteiger partial charge in [0.15, 0.2) is 17.3 Å². The number of H-pyrrole nitrogens is 2. The molecule has 1 unspecified atom stereocenters. The molecule has 2 heterocycles. The standard InChI is InChI=1S/C20H21N3O5/c1-20(2)7-10-15(12(25)8-20)14(9-4-5-13(28-3)11(24)6-9)16-17(21-10)22-19(27)23-18(16)26/h4-6,14,24H,7-8H2,1-3H3,(H3,21,22,23,26,27). The highest BCUT2D eigenvalue weighted by atomic mass is 16.5. The van der Waals surface area contributed by atoms with E-state index in [1.165, 1.54) is 13.2 Å². The zero-order valence-electron chi connectivity index (χ0n) is 15.8. The lowest BCUT2D eigenvalue weighted by Gasteiger charge is -2.38. The highest BCUT2D eigenvalue weighted by molar-refractivity contribution is 6.01. The van der Waals surface area contributed by atoms with Gasteiger partial charge in [0.2, 0.25) is 0 Å². The number of benzene rings is 1. The van der Waals surface area contributed by atoms with E-state index in [0.717, 1.165) is 0 Å². The predicted octanol–water partition coefficient (Wildman–Crippen LogP) is 1.98. The van der Waals surface area contributed by atoms with E-state index in [-0.39, 0.29) is 28.3 Å². The lowest BCUT2D eigenvalue weighted by Crippen LogP contribution is -2.38. The summed E-state index contributed by atoms with van der Waals surface area (Å²) in [5.41, 5.74) is 0.558. The largest absolute Gasteiger partial charge is 0.504 e. The van der Waals surface area contributed by atoms with Gasteiger partial charge in [0, 0.05) is 23.6 Å². The number of nitrogens with one attached hydrogen (secondary N) is 3. The number of fused-ring (bicyclic) bond motifs is 1. The summed E-state index contributed by atoms with van der Waals surface area (Å²) in [6.45, 7) is 4.00. The van der Waals surface area contributed by atoms with Crippen LogP contribution in [0.5, 0.6) is 11.5 Å². The number of phenols is 1. The number of hydrogen-bond donors (Lipinski definition) is 4. The van der Waals surface area contributed by atoms with Gasteiger partial charge in [0.25, 0.3) is 5.56 Å². The first kappa shape index (κ1) is 18.1. The molecule has 2 aromatic rings. The van der Waals surface area contributed by atoms with E-state index in [1.807, 2.05) is 13.8 Å². The fraction of sp³-hybridized carbons (Fsp3) is 0.350. The number of phenolic OH excluding ortho intramolecular Hbond substituents is 1. The molecule has 0 saturated carbocycles. The molecule has 0 amide bonds. The van der Waals surface area contributed by atoms with Crippen molar-refractivity contribution >= 4 is 11.6 Å². The van der Waals surface area contributed by atoms with Crippen LogP contribution in [0.4, 0.5) is 5.82 Å². The van der Waals surface area contributed by atoms with E-state index < -0.39 is 17.2 Å². The SMILES string of the molecule is COc1ccc(C2C3=C(CC(C)(C)CC3=O)Nc3[nH]c(=O)[nH]c(=O)c32)cc1O. The number of Topliss-reactive ketones (excluding diaryl/α,β-unsaturated/α-hetero) is 1. The van der Waals surface area contributed by atoms with Gasteiger partial charge in [-0.25, -0.2) is 4.79 Å². The Kier molecular flexibility index (Phi) is 3.95. The first-order chi connectivity index (χ1) is 13.2. The zero-order chi connectivity index (χ0) is 20.2. The Bertz CT molecular complexity index is 1140. The molecule has 1 atom stereocenters. The highest BCUT2D eigenvalue weighted by Crippen LogP contribution is 2.48. The first-order valence-electron chi connectivity index (χ1n) is 8.97. The smallest absolute Gasteiger partial charge is 0.327 e. The fourth-order valence-electron chi connectivity index (χ4n) is 4.17. The number of allylic oxidation sites excluding steroid dienone is 2. The molecule has 1 aromatic heterocycles. The second-order valence-electron chi connectivity index (χ2n) is 8.02. The molecule has 1 aliphatic heterocycles. The second-order valence-corrected chi connectivity index (χ2v) is 8.02. The van der Waals surface area contributed by atoms with E-state index in [1.54, 1.807) is 12.1 Å². The minimum Gasteiger partial charge on any atom is -0.504 e.